The maximum atomic E-state index is 10.9. The highest BCUT2D eigenvalue weighted by Crippen LogP contribution is 2.29. The molecule has 7 heteroatoms. The summed E-state index contributed by atoms with van der Waals surface area (Å²) in [6, 6.07) is 4.43. The van der Waals surface area contributed by atoms with Gasteiger partial charge in [0.05, 0.1) is 24.5 Å². The van der Waals surface area contributed by atoms with Crippen molar-refractivity contribution >= 4 is 17.3 Å². The maximum Gasteiger partial charge on any atom is 0.305 e. The molecule has 0 saturated heterocycles. The number of ether oxygens (including phenoxy) is 1. The Hall–Kier alpha value is -2.31. The zero-order valence-electron chi connectivity index (χ0n) is 11.7. The minimum absolute atomic E-state index is 0.0149. The average Bonchev–Trinajstić information content (AvgIpc) is 2.37. The van der Waals surface area contributed by atoms with Crippen LogP contribution in [0.1, 0.15) is 20.3 Å². The highest BCUT2D eigenvalue weighted by molar-refractivity contribution is 5.68. The second-order valence-corrected chi connectivity index (χ2v) is 4.58. The first-order chi connectivity index (χ1) is 9.35. The number of hydrogen-bond donors (Lipinski definition) is 1. The van der Waals surface area contributed by atoms with Gasteiger partial charge in [0.25, 0.3) is 5.69 Å². The Balaban J connectivity index is 3.14. The molecule has 7 nitrogen and oxygen atoms in total. The van der Waals surface area contributed by atoms with Crippen molar-refractivity contribution in [1.29, 1.82) is 0 Å². The molecule has 0 atom stereocenters. The Morgan fingerprint density at radius 3 is 2.55 bits per heavy atom. The Bertz CT molecular complexity index is 502. The van der Waals surface area contributed by atoms with Gasteiger partial charge in [0.2, 0.25) is 0 Å². The van der Waals surface area contributed by atoms with E-state index >= 15 is 0 Å². The zero-order valence-corrected chi connectivity index (χ0v) is 11.7. The van der Waals surface area contributed by atoms with Crippen LogP contribution in [0.4, 0.5) is 11.4 Å². The number of methoxy groups -OCH3 is 1. The van der Waals surface area contributed by atoms with Gasteiger partial charge >= 0.3 is 5.97 Å². The van der Waals surface area contributed by atoms with E-state index in [2.05, 4.69) is 0 Å². The predicted octanol–water partition coefficient (Wildman–Crippen LogP) is 2.29. The fraction of sp³-hybridized carbons (Fsp3) is 0.462. The van der Waals surface area contributed by atoms with Crippen LogP contribution in [0.25, 0.3) is 0 Å². The molecule has 0 spiro atoms. The summed E-state index contributed by atoms with van der Waals surface area (Å²) in [6.45, 7) is 4.07. The van der Waals surface area contributed by atoms with E-state index in [1.807, 2.05) is 13.8 Å². The van der Waals surface area contributed by atoms with Crippen molar-refractivity contribution in [2.75, 3.05) is 18.6 Å². The molecule has 0 radical (unpaired) electrons. The number of rotatable bonds is 7. The van der Waals surface area contributed by atoms with Gasteiger partial charge in [-0.25, -0.2) is 0 Å². The van der Waals surface area contributed by atoms with Crippen LogP contribution < -0.4 is 9.64 Å². The highest BCUT2D eigenvalue weighted by Gasteiger charge is 2.17. The quantitative estimate of drug-likeness (QED) is 0.609. The second-order valence-electron chi connectivity index (χ2n) is 4.58. The average molecular weight is 282 g/mol. The summed E-state index contributed by atoms with van der Waals surface area (Å²) in [7, 11) is 1.43. The van der Waals surface area contributed by atoms with Crippen LogP contribution in [0.5, 0.6) is 5.75 Å². The SMILES string of the molecule is COc1cc(N(CCC(=O)O)C(C)C)cc([N+](=O)[O-])c1. The summed E-state index contributed by atoms with van der Waals surface area (Å²) in [4.78, 5) is 22.9. The van der Waals surface area contributed by atoms with Crippen LogP contribution in [-0.2, 0) is 4.79 Å². The number of nitrogens with zero attached hydrogens (tertiary/aromatic N) is 2. The van der Waals surface area contributed by atoms with Crippen molar-refractivity contribution < 1.29 is 19.6 Å². The van der Waals surface area contributed by atoms with Crippen molar-refractivity contribution in [3.05, 3.63) is 28.3 Å². The fourth-order valence-corrected chi connectivity index (χ4v) is 1.86. The van der Waals surface area contributed by atoms with Gasteiger partial charge in [0, 0.05) is 30.4 Å². The van der Waals surface area contributed by atoms with Gasteiger partial charge in [-0.2, -0.15) is 0 Å². The third-order valence-electron chi connectivity index (χ3n) is 2.84. The molecule has 1 rings (SSSR count). The largest absolute Gasteiger partial charge is 0.496 e. The second kappa shape index (κ2) is 6.74. The lowest BCUT2D eigenvalue weighted by Crippen LogP contribution is -2.32. The van der Waals surface area contributed by atoms with Crippen molar-refractivity contribution in [3.63, 3.8) is 0 Å². The van der Waals surface area contributed by atoms with E-state index in [9.17, 15) is 14.9 Å². The van der Waals surface area contributed by atoms with E-state index in [0.717, 1.165) is 0 Å². The number of anilines is 1. The molecule has 0 aromatic heterocycles. The van der Waals surface area contributed by atoms with Crippen LogP contribution in [0.3, 0.4) is 0 Å². The zero-order chi connectivity index (χ0) is 15.3. The van der Waals surface area contributed by atoms with E-state index in [1.54, 1.807) is 11.0 Å². The number of hydrogen-bond acceptors (Lipinski definition) is 5. The van der Waals surface area contributed by atoms with Crippen molar-refractivity contribution in [2.45, 2.75) is 26.3 Å². The number of non-ortho nitro benzene ring substituents is 1. The van der Waals surface area contributed by atoms with Crippen LogP contribution in [0, 0.1) is 10.1 Å². The molecule has 0 unspecified atom stereocenters. The Morgan fingerprint density at radius 1 is 1.45 bits per heavy atom. The summed E-state index contributed by atoms with van der Waals surface area (Å²) in [6.07, 6.45) is -0.0385. The maximum absolute atomic E-state index is 10.9. The first kappa shape index (κ1) is 15.7. The molecular formula is C13H18N2O5. The summed E-state index contributed by atoms with van der Waals surface area (Å²) in [5.41, 5.74) is 0.493. The number of aliphatic carboxylic acids is 1. The third-order valence-corrected chi connectivity index (χ3v) is 2.84. The molecule has 0 aliphatic heterocycles. The van der Waals surface area contributed by atoms with E-state index in [1.165, 1.54) is 19.2 Å². The van der Waals surface area contributed by atoms with Crippen molar-refractivity contribution in [1.82, 2.24) is 0 Å². The first-order valence-electron chi connectivity index (χ1n) is 6.17. The van der Waals surface area contributed by atoms with Crippen LogP contribution in [0.15, 0.2) is 18.2 Å². The van der Waals surface area contributed by atoms with Gasteiger partial charge in [-0.1, -0.05) is 0 Å². The molecule has 0 fully saturated rings. The smallest absolute Gasteiger partial charge is 0.305 e. The van der Waals surface area contributed by atoms with Gasteiger partial charge in [0.1, 0.15) is 5.75 Å². The van der Waals surface area contributed by atoms with Crippen LogP contribution in [0.2, 0.25) is 0 Å². The van der Waals surface area contributed by atoms with Gasteiger partial charge in [-0.3, -0.25) is 14.9 Å². The Morgan fingerprint density at radius 2 is 2.10 bits per heavy atom. The number of benzene rings is 1. The van der Waals surface area contributed by atoms with Gasteiger partial charge < -0.3 is 14.7 Å². The molecule has 1 aromatic rings. The summed E-state index contributed by atoms with van der Waals surface area (Å²) >= 11 is 0. The molecule has 0 heterocycles. The lowest BCUT2D eigenvalue weighted by Gasteiger charge is -2.28. The minimum Gasteiger partial charge on any atom is -0.496 e. The molecule has 110 valence electrons. The monoisotopic (exact) mass is 282 g/mol. The lowest BCUT2D eigenvalue weighted by molar-refractivity contribution is -0.384. The van der Waals surface area contributed by atoms with Crippen LogP contribution >= 0.6 is 0 Å². The number of nitro benzene ring substituents is 1. The molecule has 0 aliphatic carbocycles. The van der Waals surface area contributed by atoms with Gasteiger partial charge in [-0.05, 0) is 13.8 Å². The molecule has 0 amide bonds. The number of carboxylic acids is 1. The normalized spacial score (nSPS) is 10.4. The number of carbonyl (C=O) groups is 1. The Kier molecular flexibility index (Phi) is 5.31. The van der Waals surface area contributed by atoms with Crippen molar-refractivity contribution in [3.8, 4) is 5.75 Å². The van der Waals surface area contributed by atoms with E-state index < -0.39 is 10.9 Å². The Labute approximate surface area is 116 Å². The fourth-order valence-electron chi connectivity index (χ4n) is 1.86. The molecule has 0 saturated carbocycles. The van der Waals surface area contributed by atoms with Crippen molar-refractivity contribution in [2.24, 2.45) is 0 Å². The highest BCUT2D eigenvalue weighted by atomic mass is 16.6. The molecule has 0 bridgehead atoms. The topological polar surface area (TPSA) is 92.9 Å². The minimum atomic E-state index is -0.909. The molecular weight excluding hydrogens is 264 g/mol. The summed E-state index contributed by atoms with van der Waals surface area (Å²) in [5, 5.41) is 19.7. The summed E-state index contributed by atoms with van der Waals surface area (Å²) < 4.78 is 5.05. The lowest BCUT2D eigenvalue weighted by atomic mass is 10.2. The molecule has 1 aromatic carbocycles. The van der Waals surface area contributed by atoms with E-state index in [4.69, 9.17) is 9.84 Å². The number of nitro groups is 1. The number of carboxylic acid groups (broad SMARTS) is 1. The first-order valence-corrected chi connectivity index (χ1v) is 6.17. The predicted molar refractivity (Wildman–Crippen MR) is 74.4 cm³/mol. The standard InChI is InChI=1S/C13H18N2O5/c1-9(2)14(5-4-13(16)17)10-6-11(15(18)19)8-12(7-10)20-3/h6-9H,4-5H2,1-3H3,(H,16,17). The van der Waals surface area contributed by atoms with Crippen LogP contribution in [-0.4, -0.2) is 35.7 Å². The van der Waals surface area contributed by atoms with Gasteiger partial charge in [0.15, 0.2) is 0 Å². The summed E-state index contributed by atoms with van der Waals surface area (Å²) in [5.74, 6) is -0.539. The van der Waals surface area contributed by atoms with Gasteiger partial charge in [-0.15, -0.1) is 0 Å². The molecule has 0 aliphatic rings. The molecule has 20 heavy (non-hydrogen) atoms. The van der Waals surface area contributed by atoms with E-state index in [0.29, 0.717) is 11.4 Å². The third kappa shape index (κ3) is 4.11. The van der Waals surface area contributed by atoms with E-state index in [-0.39, 0.29) is 24.7 Å². The molecule has 1 N–H and O–H groups in total.